The second kappa shape index (κ2) is 5.68. The molecule has 1 aromatic carbocycles. The van der Waals surface area contributed by atoms with Crippen molar-refractivity contribution in [2.45, 2.75) is 19.5 Å². The van der Waals surface area contributed by atoms with Crippen molar-refractivity contribution >= 4 is 0 Å². The molecule has 0 amide bonds. The Morgan fingerprint density at radius 2 is 2.05 bits per heavy atom. The summed E-state index contributed by atoms with van der Waals surface area (Å²) in [7, 11) is 1.85. The standard InChI is InChI=1S/C15H16FN3/c1-11(13-3-5-14(16)6-4-13)18-9-12-7-15(8-17)19(2)10-12/h3-7,10-11,18H,9H2,1-2H3. The molecule has 19 heavy (non-hydrogen) atoms. The first-order valence-corrected chi connectivity index (χ1v) is 6.14. The molecular formula is C15H16FN3. The Labute approximate surface area is 112 Å². The number of aryl methyl sites for hydroxylation is 1. The number of nitriles is 1. The summed E-state index contributed by atoms with van der Waals surface area (Å²) in [6.45, 7) is 2.70. The van der Waals surface area contributed by atoms with Crippen molar-refractivity contribution in [3.63, 3.8) is 0 Å². The predicted octanol–water partition coefficient (Wildman–Crippen LogP) is 2.89. The average Bonchev–Trinajstić information content (AvgIpc) is 2.77. The summed E-state index contributed by atoms with van der Waals surface area (Å²) in [6.07, 6.45) is 1.93. The maximum absolute atomic E-state index is 12.8. The van der Waals surface area contributed by atoms with E-state index in [1.54, 1.807) is 16.7 Å². The van der Waals surface area contributed by atoms with Crippen LogP contribution in [0.1, 0.15) is 29.8 Å². The number of nitrogens with one attached hydrogen (secondary N) is 1. The number of hydrogen-bond donors (Lipinski definition) is 1. The minimum atomic E-state index is -0.224. The van der Waals surface area contributed by atoms with Crippen LogP contribution >= 0.6 is 0 Å². The van der Waals surface area contributed by atoms with Crippen molar-refractivity contribution < 1.29 is 4.39 Å². The smallest absolute Gasteiger partial charge is 0.123 e. The molecule has 0 bridgehead atoms. The number of aromatic nitrogens is 1. The van der Waals surface area contributed by atoms with Crippen molar-refractivity contribution in [2.24, 2.45) is 7.05 Å². The lowest BCUT2D eigenvalue weighted by atomic mass is 10.1. The molecule has 1 atom stereocenters. The molecule has 0 saturated carbocycles. The van der Waals surface area contributed by atoms with Crippen LogP contribution in [0.2, 0.25) is 0 Å². The van der Waals surface area contributed by atoms with Gasteiger partial charge in [-0.2, -0.15) is 5.26 Å². The van der Waals surface area contributed by atoms with Crippen molar-refractivity contribution in [3.8, 4) is 6.07 Å². The van der Waals surface area contributed by atoms with Gasteiger partial charge >= 0.3 is 0 Å². The monoisotopic (exact) mass is 257 g/mol. The van der Waals surface area contributed by atoms with Crippen LogP contribution in [-0.4, -0.2) is 4.57 Å². The van der Waals surface area contributed by atoms with E-state index in [4.69, 9.17) is 5.26 Å². The highest BCUT2D eigenvalue weighted by atomic mass is 19.1. The highest BCUT2D eigenvalue weighted by Crippen LogP contribution is 2.14. The van der Waals surface area contributed by atoms with Crippen LogP contribution in [0.5, 0.6) is 0 Å². The van der Waals surface area contributed by atoms with Gasteiger partial charge in [0, 0.05) is 25.8 Å². The highest BCUT2D eigenvalue weighted by Gasteiger charge is 2.07. The van der Waals surface area contributed by atoms with Crippen molar-refractivity contribution in [1.29, 1.82) is 5.26 Å². The zero-order chi connectivity index (χ0) is 13.8. The van der Waals surface area contributed by atoms with Gasteiger partial charge in [0.05, 0.1) is 0 Å². The molecule has 0 fully saturated rings. The van der Waals surface area contributed by atoms with Crippen molar-refractivity contribution in [1.82, 2.24) is 9.88 Å². The third-order valence-corrected chi connectivity index (χ3v) is 3.16. The SMILES string of the molecule is CC(NCc1cc(C#N)n(C)c1)c1ccc(F)cc1. The van der Waals surface area contributed by atoms with Gasteiger partial charge in [-0.3, -0.25) is 0 Å². The Balaban J connectivity index is 1.98. The maximum Gasteiger partial charge on any atom is 0.123 e. The Kier molecular flexibility index (Phi) is 3.98. The largest absolute Gasteiger partial charge is 0.342 e. The lowest BCUT2D eigenvalue weighted by Crippen LogP contribution is -2.17. The molecule has 1 N–H and O–H groups in total. The van der Waals surface area contributed by atoms with E-state index in [0.29, 0.717) is 12.2 Å². The second-order valence-electron chi connectivity index (χ2n) is 4.61. The molecule has 0 aliphatic carbocycles. The predicted molar refractivity (Wildman–Crippen MR) is 71.8 cm³/mol. The average molecular weight is 257 g/mol. The molecule has 3 nitrogen and oxygen atoms in total. The van der Waals surface area contributed by atoms with Crippen LogP contribution in [0, 0.1) is 17.1 Å². The van der Waals surface area contributed by atoms with E-state index < -0.39 is 0 Å². The lowest BCUT2D eigenvalue weighted by molar-refractivity contribution is 0.571. The highest BCUT2D eigenvalue weighted by molar-refractivity contribution is 5.28. The Bertz CT molecular complexity index is 593. The summed E-state index contributed by atoms with van der Waals surface area (Å²) >= 11 is 0. The molecule has 0 aliphatic rings. The van der Waals surface area contributed by atoms with Crippen LogP contribution < -0.4 is 5.32 Å². The summed E-state index contributed by atoms with van der Waals surface area (Å²) in [4.78, 5) is 0. The number of benzene rings is 1. The molecule has 2 rings (SSSR count). The van der Waals surface area contributed by atoms with Crippen molar-refractivity contribution in [2.75, 3.05) is 0 Å². The number of rotatable bonds is 4. The summed E-state index contributed by atoms with van der Waals surface area (Å²) < 4.78 is 14.6. The molecule has 0 saturated heterocycles. The molecule has 2 aromatic rings. The van der Waals surface area contributed by atoms with Gasteiger partial charge in [-0.15, -0.1) is 0 Å². The molecule has 1 unspecified atom stereocenters. The summed E-state index contributed by atoms with van der Waals surface area (Å²) in [5.74, 6) is -0.224. The van der Waals surface area contributed by atoms with E-state index >= 15 is 0 Å². The molecule has 1 heterocycles. The molecule has 98 valence electrons. The van der Waals surface area contributed by atoms with Gasteiger partial charge < -0.3 is 9.88 Å². The maximum atomic E-state index is 12.8. The third-order valence-electron chi connectivity index (χ3n) is 3.16. The van der Waals surface area contributed by atoms with Crippen LogP contribution in [0.4, 0.5) is 4.39 Å². The van der Waals surface area contributed by atoms with Crippen molar-refractivity contribution in [3.05, 3.63) is 59.2 Å². The fourth-order valence-electron chi connectivity index (χ4n) is 1.98. The quantitative estimate of drug-likeness (QED) is 0.915. The third kappa shape index (κ3) is 3.21. The summed E-state index contributed by atoms with van der Waals surface area (Å²) in [5.41, 5.74) is 2.75. The minimum Gasteiger partial charge on any atom is -0.342 e. The van der Waals surface area contributed by atoms with Gasteiger partial charge in [0.15, 0.2) is 0 Å². The Morgan fingerprint density at radius 3 is 2.63 bits per heavy atom. The topological polar surface area (TPSA) is 40.8 Å². The van der Waals surface area contributed by atoms with E-state index in [9.17, 15) is 4.39 Å². The molecule has 4 heteroatoms. The van der Waals surface area contributed by atoms with Gasteiger partial charge in [0.25, 0.3) is 0 Å². The molecule has 0 aliphatic heterocycles. The van der Waals surface area contributed by atoms with E-state index in [2.05, 4.69) is 11.4 Å². The van der Waals surface area contributed by atoms with E-state index in [1.807, 2.05) is 26.2 Å². The first-order chi connectivity index (χ1) is 9.10. The van der Waals surface area contributed by atoms with E-state index in [1.165, 1.54) is 12.1 Å². The number of hydrogen-bond acceptors (Lipinski definition) is 2. The zero-order valence-corrected chi connectivity index (χ0v) is 11.0. The second-order valence-corrected chi connectivity index (χ2v) is 4.61. The van der Waals surface area contributed by atoms with E-state index in [0.717, 1.165) is 11.1 Å². The Hall–Kier alpha value is -2.12. The summed E-state index contributed by atoms with van der Waals surface area (Å²) in [5, 5.41) is 12.2. The molecular weight excluding hydrogens is 241 g/mol. The fourth-order valence-corrected chi connectivity index (χ4v) is 1.98. The number of halogens is 1. The van der Waals surface area contributed by atoms with Gasteiger partial charge in [-0.05, 0) is 36.2 Å². The van der Waals surface area contributed by atoms with Gasteiger partial charge in [0.2, 0.25) is 0 Å². The van der Waals surface area contributed by atoms with Crippen LogP contribution in [0.25, 0.3) is 0 Å². The van der Waals surface area contributed by atoms with Gasteiger partial charge in [-0.1, -0.05) is 12.1 Å². The normalized spacial score (nSPS) is 12.1. The van der Waals surface area contributed by atoms with Crippen LogP contribution in [0.15, 0.2) is 36.5 Å². The van der Waals surface area contributed by atoms with Crippen LogP contribution in [0.3, 0.4) is 0 Å². The van der Waals surface area contributed by atoms with Crippen LogP contribution in [-0.2, 0) is 13.6 Å². The van der Waals surface area contributed by atoms with Gasteiger partial charge in [-0.25, -0.2) is 4.39 Å². The minimum absolute atomic E-state index is 0.131. The molecule has 0 spiro atoms. The van der Waals surface area contributed by atoms with E-state index in [-0.39, 0.29) is 11.9 Å². The molecule has 0 radical (unpaired) electrons. The first-order valence-electron chi connectivity index (χ1n) is 6.14. The number of nitrogens with zero attached hydrogens (tertiary/aromatic N) is 2. The summed E-state index contributed by atoms with van der Waals surface area (Å²) in [6, 6.07) is 10.6. The van der Waals surface area contributed by atoms with Gasteiger partial charge in [0.1, 0.15) is 17.6 Å². The molecule has 1 aromatic heterocycles. The zero-order valence-electron chi connectivity index (χ0n) is 11.0. The lowest BCUT2D eigenvalue weighted by Gasteiger charge is -2.13. The first kappa shape index (κ1) is 13.3. The fraction of sp³-hybridized carbons (Fsp3) is 0.267. The Morgan fingerprint density at radius 1 is 1.37 bits per heavy atom.